The van der Waals surface area contributed by atoms with E-state index < -0.39 is 6.03 Å². The van der Waals surface area contributed by atoms with Crippen LogP contribution in [-0.4, -0.2) is 64.6 Å². The molecule has 5 rings (SSSR count). The molecule has 180 valence electrons. The lowest BCUT2D eigenvalue weighted by Crippen LogP contribution is -2.42. The average Bonchev–Trinajstić information content (AvgIpc) is 3.69. The third-order valence-corrected chi connectivity index (χ3v) is 7.51. The summed E-state index contributed by atoms with van der Waals surface area (Å²) in [4.78, 5) is 49.9. The first-order valence-electron chi connectivity index (χ1n) is 11.5. The van der Waals surface area contributed by atoms with Crippen molar-refractivity contribution in [3.05, 3.63) is 40.7 Å². The summed E-state index contributed by atoms with van der Waals surface area (Å²) in [6, 6.07) is 5.36. The Labute approximate surface area is 206 Å². The minimum Gasteiger partial charge on any atom is -0.370 e. The summed E-state index contributed by atoms with van der Waals surface area (Å²) in [5.41, 5.74) is 2.21. The zero-order valence-electron chi connectivity index (χ0n) is 19.0. The maximum atomic E-state index is 13.2. The van der Waals surface area contributed by atoms with Crippen LogP contribution < -0.4 is 10.2 Å². The van der Waals surface area contributed by atoms with Gasteiger partial charge in [0.1, 0.15) is 30.0 Å². The fourth-order valence-corrected chi connectivity index (χ4v) is 5.27. The van der Waals surface area contributed by atoms with Gasteiger partial charge in [-0.25, -0.2) is 14.8 Å². The van der Waals surface area contributed by atoms with Gasteiger partial charge in [-0.1, -0.05) is 0 Å². The van der Waals surface area contributed by atoms with Crippen LogP contribution in [0.4, 0.5) is 16.4 Å². The number of aryl methyl sites for hydroxylation is 1. The molecule has 3 amide bonds. The van der Waals surface area contributed by atoms with Gasteiger partial charge in [0.2, 0.25) is 5.91 Å². The van der Waals surface area contributed by atoms with Crippen molar-refractivity contribution in [2.45, 2.75) is 42.4 Å². The third kappa shape index (κ3) is 5.13. The monoisotopic (exact) mass is 492 g/mol. The van der Waals surface area contributed by atoms with E-state index >= 15 is 0 Å². The number of aromatic nitrogens is 2. The van der Waals surface area contributed by atoms with Gasteiger partial charge in [0.15, 0.2) is 6.29 Å². The fraction of sp³-hybridized carbons (Fsp3) is 0.417. The van der Waals surface area contributed by atoms with Crippen molar-refractivity contribution < 1.29 is 19.1 Å². The lowest BCUT2D eigenvalue weighted by atomic mass is 10.0. The average molecular weight is 493 g/mol. The zero-order chi connectivity index (χ0) is 24.4. The lowest BCUT2D eigenvalue weighted by molar-refractivity contribution is -0.143. The largest absolute Gasteiger partial charge is 0.370 e. The number of aldehydes is 1. The molecule has 1 N–H and O–H groups in total. The molecule has 0 aromatic carbocycles. The predicted octanol–water partition coefficient (Wildman–Crippen LogP) is 2.76. The Balaban J connectivity index is 1.36. The summed E-state index contributed by atoms with van der Waals surface area (Å²) in [7, 11) is 0. The van der Waals surface area contributed by atoms with Crippen molar-refractivity contribution in [3.8, 4) is 6.07 Å². The quantitative estimate of drug-likeness (QED) is 0.610. The Morgan fingerprint density at radius 3 is 2.94 bits per heavy atom. The molecule has 0 atom stereocenters. The van der Waals surface area contributed by atoms with Gasteiger partial charge in [0, 0.05) is 41.5 Å². The maximum absolute atomic E-state index is 13.2. The van der Waals surface area contributed by atoms with Gasteiger partial charge in [-0.2, -0.15) is 5.26 Å². The zero-order valence-corrected chi connectivity index (χ0v) is 19.8. The molecule has 3 aliphatic rings. The Hall–Kier alpha value is -3.49. The molecule has 2 aromatic heterocycles. The Morgan fingerprint density at radius 2 is 2.20 bits per heavy atom. The normalized spacial score (nSPS) is 17.5. The van der Waals surface area contributed by atoms with Gasteiger partial charge >= 0.3 is 6.03 Å². The van der Waals surface area contributed by atoms with Crippen LogP contribution in [0.2, 0.25) is 0 Å². The number of urea groups is 1. The molecule has 35 heavy (non-hydrogen) atoms. The van der Waals surface area contributed by atoms with Gasteiger partial charge in [-0.3, -0.25) is 19.8 Å². The third-order valence-electron chi connectivity index (χ3n) is 6.12. The number of anilines is 2. The number of rotatable bonds is 6. The molecule has 11 heteroatoms. The van der Waals surface area contributed by atoms with Gasteiger partial charge in [-0.05, 0) is 43.4 Å². The molecule has 10 nitrogen and oxygen atoms in total. The van der Waals surface area contributed by atoms with E-state index in [1.54, 1.807) is 22.7 Å². The number of thioether (sulfide) groups is 1. The number of ether oxygens (including phenoxy) is 1. The highest BCUT2D eigenvalue weighted by Gasteiger charge is 2.28. The molecule has 1 saturated carbocycles. The van der Waals surface area contributed by atoms with Crippen molar-refractivity contribution in [2.75, 3.05) is 36.5 Å². The molecule has 2 aliphatic heterocycles. The first kappa shape index (κ1) is 23.3. The second kappa shape index (κ2) is 10.0. The van der Waals surface area contributed by atoms with Crippen LogP contribution in [0.15, 0.2) is 23.2 Å². The number of carbonyl (C=O) groups excluding carboxylic acids is 3. The summed E-state index contributed by atoms with van der Waals surface area (Å²) < 4.78 is 5.18. The van der Waals surface area contributed by atoms with E-state index in [4.69, 9.17) is 4.74 Å². The number of pyridine rings is 2. The van der Waals surface area contributed by atoms with Crippen LogP contribution in [0, 0.1) is 11.3 Å². The number of carbonyl (C=O) groups is 3. The van der Waals surface area contributed by atoms with Crippen LogP contribution in [0.25, 0.3) is 0 Å². The van der Waals surface area contributed by atoms with Crippen LogP contribution in [0.3, 0.4) is 0 Å². The molecule has 1 aliphatic carbocycles. The molecule has 0 bridgehead atoms. The molecular formula is C24H24N6O4S. The van der Waals surface area contributed by atoms with Gasteiger partial charge in [0.25, 0.3) is 0 Å². The minimum atomic E-state index is -0.397. The van der Waals surface area contributed by atoms with E-state index in [2.05, 4.69) is 21.4 Å². The standard InChI is InChI=1S/C24H24N6O4S/c25-10-17-11-26-21(9-20(17)35-18-3-4-18)28-24(33)30-5-1-2-15-8-16(19(13-31)27-23(15)30)12-29-6-7-34-14-22(29)32/h8-9,11,13,18H,1-7,12,14H2,(H,26,28,33). The lowest BCUT2D eigenvalue weighted by Gasteiger charge is -2.30. The number of nitrogens with one attached hydrogen (secondary N) is 1. The number of morpholine rings is 1. The van der Waals surface area contributed by atoms with Crippen molar-refractivity contribution in [1.29, 1.82) is 5.26 Å². The summed E-state index contributed by atoms with van der Waals surface area (Å²) in [5, 5.41) is 12.7. The number of nitriles is 1. The molecule has 0 radical (unpaired) electrons. The second-order valence-corrected chi connectivity index (χ2v) is 10.0. The van der Waals surface area contributed by atoms with E-state index in [9.17, 15) is 19.6 Å². The maximum Gasteiger partial charge on any atom is 0.328 e. The SMILES string of the molecule is N#Cc1cnc(NC(=O)N2CCCc3cc(CN4CCOCC4=O)c(C=O)nc32)cc1SC1CC1. The second-order valence-electron chi connectivity index (χ2n) is 8.68. The smallest absolute Gasteiger partial charge is 0.328 e. The molecule has 2 aromatic rings. The van der Waals surface area contributed by atoms with Crippen molar-refractivity contribution >= 4 is 41.6 Å². The van der Waals surface area contributed by atoms with Crippen molar-refractivity contribution in [3.63, 3.8) is 0 Å². The summed E-state index contributed by atoms with van der Waals surface area (Å²) in [5.74, 6) is 0.678. The Morgan fingerprint density at radius 1 is 1.34 bits per heavy atom. The molecular weight excluding hydrogens is 468 g/mol. The first-order valence-corrected chi connectivity index (χ1v) is 12.4. The number of hydrogen-bond donors (Lipinski definition) is 1. The minimum absolute atomic E-state index is 0.0347. The highest BCUT2D eigenvalue weighted by Crippen LogP contribution is 2.41. The molecule has 4 heterocycles. The van der Waals surface area contributed by atoms with E-state index in [0.717, 1.165) is 29.7 Å². The van der Waals surface area contributed by atoms with Crippen LogP contribution in [0.5, 0.6) is 0 Å². The Bertz CT molecular complexity index is 1230. The predicted molar refractivity (Wildman–Crippen MR) is 128 cm³/mol. The van der Waals surface area contributed by atoms with Gasteiger partial charge < -0.3 is 9.64 Å². The number of nitrogens with zero attached hydrogens (tertiary/aromatic N) is 5. The molecule has 2 fully saturated rings. The van der Waals surface area contributed by atoms with E-state index in [0.29, 0.717) is 60.4 Å². The van der Waals surface area contributed by atoms with Gasteiger partial charge in [0.05, 0.1) is 12.2 Å². The van der Waals surface area contributed by atoms with Crippen molar-refractivity contribution in [2.24, 2.45) is 0 Å². The Kier molecular flexibility index (Phi) is 6.66. The van der Waals surface area contributed by atoms with Crippen LogP contribution in [0.1, 0.15) is 46.4 Å². The van der Waals surface area contributed by atoms with Crippen LogP contribution >= 0.6 is 11.8 Å². The molecule has 1 saturated heterocycles. The highest BCUT2D eigenvalue weighted by atomic mass is 32.2. The summed E-state index contributed by atoms with van der Waals surface area (Å²) in [6.45, 7) is 1.68. The molecule has 0 unspecified atom stereocenters. The first-order chi connectivity index (χ1) is 17.1. The number of amides is 3. The summed E-state index contributed by atoms with van der Waals surface area (Å²) >= 11 is 1.63. The molecule has 0 spiro atoms. The van der Waals surface area contributed by atoms with E-state index in [1.165, 1.54) is 11.1 Å². The number of fused-ring (bicyclic) bond motifs is 1. The van der Waals surface area contributed by atoms with Crippen molar-refractivity contribution in [1.82, 2.24) is 14.9 Å². The number of hydrogen-bond acceptors (Lipinski definition) is 8. The van der Waals surface area contributed by atoms with E-state index in [-0.39, 0.29) is 24.8 Å². The van der Waals surface area contributed by atoms with Crippen LogP contribution in [-0.2, 0) is 22.5 Å². The van der Waals surface area contributed by atoms with Gasteiger partial charge in [-0.15, -0.1) is 11.8 Å². The topological polar surface area (TPSA) is 129 Å². The highest BCUT2D eigenvalue weighted by molar-refractivity contribution is 8.00. The van der Waals surface area contributed by atoms with E-state index in [1.807, 2.05) is 6.07 Å². The summed E-state index contributed by atoms with van der Waals surface area (Å²) in [6.07, 6.45) is 5.84. The fourth-order valence-electron chi connectivity index (χ4n) is 4.14.